The summed E-state index contributed by atoms with van der Waals surface area (Å²) in [6.45, 7) is 7.11. The van der Waals surface area contributed by atoms with Gasteiger partial charge in [-0.2, -0.15) is 0 Å². The molecule has 0 aromatic rings. The predicted molar refractivity (Wildman–Crippen MR) is 73.2 cm³/mol. The van der Waals surface area contributed by atoms with E-state index < -0.39 is 5.54 Å². The molecule has 0 spiro atoms. The molecule has 0 radical (unpaired) electrons. The zero-order chi connectivity index (χ0) is 13.2. The zero-order valence-corrected chi connectivity index (χ0v) is 11.7. The molecule has 1 aliphatic carbocycles. The maximum atomic E-state index is 12.1. The van der Waals surface area contributed by atoms with E-state index in [1.165, 1.54) is 32.4 Å². The molecule has 0 bridgehead atoms. The molecule has 4 heteroatoms. The lowest BCUT2D eigenvalue weighted by Crippen LogP contribution is -2.55. The monoisotopic (exact) mass is 253 g/mol. The molecular formula is C14H27N3O. The van der Waals surface area contributed by atoms with Crippen LogP contribution < -0.4 is 11.1 Å². The maximum Gasteiger partial charge on any atom is 0.240 e. The lowest BCUT2D eigenvalue weighted by atomic mass is 9.96. The van der Waals surface area contributed by atoms with Crippen LogP contribution >= 0.6 is 0 Å². The summed E-state index contributed by atoms with van der Waals surface area (Å²) in [5.41, 5.74) is 5.44. The van der Waals surface area contributed by atoms with Crippen LogP contribution in [0.15, 0.2) is 0 Å². The lowest BCUT2D eigenvalue weighted by molar-refractivity contribution is -0.126. The third-order valence-corrected chi connectivity index (χ3v) is 4.49. The molecule has 0 aromatic carbocycles. The smallest absolute Gasteiger partial charge is 0.240 e. The topological polar surface area (TPSA) is 58.4 Å². The molecule has 18 heavy (non-hydrogen) atoms. The third kappa shape index (κ3) is 3.23. The molecule has 2 unspecified atom stereocenters. The van der Waals surface area contributed by atoms with Crippen LogP contribution in [-0.4, -0.2) is 42.0 Å². The van der Waals surface area contributed by atoms with E-state index in [1.54, 1.807) is 0 Å². The van der Waals surface area contributed by atoms with E-state index in [4.69, 9.17) is 5.73 Å². The second-order valence-corrected chi connectivity index (χ2v) is 6.21. The molecule has 3 N–H and O–H groups in total. The van der Waals surface area contributed by atoms with Crippen molar-refractivity contribution in [3.05, 3.63) is 0 Å². The van der Waals surface area contributed by atoms with Gasteiger partial charge in [-0.05, 0) is 58.5 Å². The van der Waals surface area contributed by atoms with E-state index in [0.717, 1.165) is 19.4 Å². The van der Waals surface area contributed by atoms with Gasteiger partial charge in [0.15, 0.2) is 0 Å². The minimum absolute atomic E-state index is 0.0221. The fraction of sp³-hybridized carbons (Fsp3) is 0.929. The molecule has 104 valence electrons. The summed E-state index contributed by atoms with van der Waals surface area (Å²) in [4.78, 5) is 14.5. The number of nitrogens with one attached hydrogen (secondary N) is 1. The van der Waals surface area contributed by atoms with Gasteiger partial charge in [0.2, 0.25) is 5.91 Å². The minimum Gasteiger partial charge on any atom is -0.353 e. The highest BCUT2D eigenvalue weighted by Crippen LogP contribution is 2.38. The first-order valence-electron chi connectivity index (χ1n) is 7.33. The number of hydrogen-bond acceptors (Lipinski definition) is 3. The summed E-state index contributed by atoms with van der Waals surface area (Å²) >= 11 is 0. The zero-order valence-electron chi connectivity index (χ0n) is 11.7. The Morgan fingerprint density at radius 3 is 2.56 bits per heavy atom. The average Bonchev–Trinajstić information content (AvgIpc) is 3.21. The van der Waals surface area contributed by atoms with Gasteiger partial charge < -0.3 is 11.1 Å². The summed E-state index contributed by atoms with van der Waals surface area (Å²) in [5, 5.41) is 3.04. The molecule has 1 saturated carbocycles. The molecule has 1 heterocycles. The standard InChI is InChI=1S/C14H27N3O/c1-11(17-8-4-3-5-9-17)10-16-13(18)14(2,15)12-6-7-12/h11-12H,3-10,15H2,1-2H3,(H,16,18). The van der Waals surface area contributed by atoms with Crippen molar-refractivity contribution in [2.75, 3.05) is 19.6 Å². The summed E-state index contributed by atoms with van der Waals surface area (Å²) in [6, 6.07) is 0.421. The van der Waals surface area contributed by atoms with Crippen molar-refractivity contribution in [3.8, 4) is 0 Å². The normalized spacial score (nSPS) is 26.4. The van der Waals surface area contributed by atoms with E-state index in [9.17, 15) is 4.79 Å². The highest BCUT2D eigenvalue weighted by Gasteiger charge is 2.43. The Bertz CT molecular complexity index is 293. The largest absolute Gasteiger partial charge is 0.353 e. The van der Waals surface area contributed by atoms with Crippen molar-refractivity contribution in [1.82, 2.24) is 10.2 Å². The van der Waals surface area contributed by atoms with Gasteiger partial charge in [-0.15, -0.1) is 0 Å². The molecule has 1 aliphatic heterocycles. The molecule has 1 amide bonds. The van der Waals surface area contributed by atoms with Crippen LogP contribution in [0.25, 0.3) is 0 Å². The van der Waals surface area contributed by atoms with Gasteiger partial charge in [-0.25, -0.2) is 0 Å². The first-order valence-corrected chi connectivity index (χ1v) is 7.33. The Kier molecular flexibility index (Phi) is 4.28. The van der Waals surface area contributed by atoms with Crippen LogP contribution in [0.4, 0.5) is 0 Å². The molecule has 2 aliphatic rings. The van der Waals surface area contributed by atoms with E-state index in [1.807, 2.05) is 6.92 Å². The molecular weight excluding hydrogens is 226 g/mol. The first-order chi connectivity index (χ1) is 8.51. The summed E-state index contributed by atoms with van der Waals surface area (Å²) in [7, 11) is 0. The van der Waals surface area contributed by atoms with Crippen molar-refractivity contribution in [2.24, 2.45) is 11.7 Å². The Morgan fingerprint density at radius 2 is 2.00 bits per heavy atom. The number of rotatable bonds is 5. The van der Waals surface area contributed by atoms with Crippen LogP contribution in [0.5, 0.6) is 0 Å². The number of amides is 1. The highest BCUT2D eigenvalue weighted by molar-refractivity contribution is 5.86. The SMILES string of the molecule is CC(CNC(=O)C(C)(N)C1CC1)N1CCCCC1. The lowest BCUT2D eigenvalue weighted by Gasteiger charge is -2.33. The maximum absolute atomic E-state index is 12.1. The number of carbonyl (C=O) groups excluding carboxylic acids is 1. The molecule has 2 rings (SSSR count). The predicted octanol–water partition coefficient (Wildman–Crippen LogP) is 1.10. The van der Waals surface area contributed by atoms with Gasteiger partial charge in [0.25, 0.3) is 0 Å². The molecule has 2 fully saturated rings. The number of hydrogen-bond donors (Lipinski definition) is 2. The highest BCUT2D eigenvalue weighted by atomic mass is 16.2. The fourth-order valence-corrected chi connectivity index (χ4v) is 2.79. The van der Waals surface area contributed by atoms with Gasteiger partial charge >= 0.3 is 0 Å². The van der Waals surface area contributed by atoms with E-state index in [-0.39, 0.29) is 5.91 Å². The summed E-state index contributed by atoms with van der Waals surface area (Å²) < 4.78 is 0. The van der Waals surface area contributed by atoms with Crippen molar-refractivity contribution in [1.29, 1.82) is 0 Å². The quantitative estimate of drug-likeness (QED) is 0.771. The number of nitrogens with zero attached hydrogens (tertiary/aromatic N) is 1. The van der Waals surface area contributed by atoms with E-state index >= 15 is 0 Å². The van der Waals surface area contributed by atoms with Crippen LogP contribution in [0, 0.1) is 5.92 Å². The Labute approximate surface area is 110 Å². The van der Waals surface area contributed by atoms with Crippen molar-refractivity contribution in [3.63, 3.8) is 0 Å². The number of piperidine rings is 1. The Hall–Kier alpha value is -0.610. The van der Waals surface area contributed by atoms with Crippen molar-refractivity contribution < 1.29 is 4.79 Å². The van der Waals surface area contributed by atoms with Gasteiger partial charge in [0.05, 0.1) is 5.54 Å². The van der Waals surface area contributed by atoms with Crippen LogP contribution in [0.1, 0.15) is 46.0 Å². The van der Waals surface area contributed by atoms with Crippen LogP contribution in [0.3, 0.4) is 0 Å². The Balaban J connectivity index is 1.74. The average molecular weight is 253 g/mol. The van der Waals surface area contributed by atoms with Crippen LogP contribution in [-0.2, 0) is 4.79 Å². The number of likely N-dealkylation sites (tertiary alicyclic amines) is 1. The van der Waals surface area contributed by atoms with Crippen molar-refractivity contribution >= 4 is 5.91 Å². The third-order valence-electron chi connectivity index (χ3n) is 4.49. The molecule has 4 nitrogen and oxygen atoms in total. The van der Waals surface area contributed by atoms with Gasteiger partial charge in [-0.3, -0.25) is 9.69 Å². The Morgan fingerprint density at radius 1 is 1.39 bits per heavy atom. The van der Waals surface area contributed by atoms with Crippen LogP contribution in [0.2, 0.25) is 0 Å². The van der Waals surface area contributed by atoms with E-state index in [0.29, 0.717) is 12.0 Å². The summed E-state index contributed by atoms with van der Waals surface area (Å²) in [6.07, 6.45) is 6.12. The summed E-state index contributed by atoms with van der Waals surface area (Å²) in [5.74, 6) is 0.414. The molecule has 2 atom stereocenters. The van der Waals surface area contributed by atoms with Gasteiger partial charge in [0.1, 0.15) is 0 Å². The second-order valence-electron chi connectivity index (χ2n) is 6.21. The molecule has 1 saturated heterocycles. The van der Waals surface area contributed by atoms with E-state index in [2.05, 4.69) is 17.1 Å². The second kappa shape index (κ2) is 5.57. The molecule has 0 aromatic heterocycles. The number of carbonyl (C=O) groups is 1. The van der Waals surface area contributed by atoms with Crippen molar-refractivity contribution in [2.45, 2.75) is 57.5 Å². The first kappa shape index (κ1) is 13.8. The fourth-order valence-electron chi connectivity index (χ4n) is 2.79. The minimum atomic E-state index is -0.665. The number of nitrogens with two attached hydrogens (primary N) is 1. The van der Waals surface area contributed by atoms with Gasteiger partial charge in [-0.1, -0.05) is 6.42 Å². The van der Waals surface area contributed by atoms with Gasteiger partial charge in [0, 0.05) is 12.6 Å².